The van der Waals surface area contributed by atoms with E-state index in [0.717, 1.165) is 6.42 Å². The number of nitrogens with two attached hydrogens (primary N) is 1. The van der Waals surface area contributed by atoms with Crippen LogP contribution in [0.2, 0.25) is 0 Å². The molecule has 80 valence electrons. The topological polar surface area (TPSA) is 69.4 Å². The van der Waals surface area contributed by atoms with Crippen molar-refractivity contribution in [2.75, 3.05) is 26.0 Å². The van der Waals surface area contributed by atoms with Crippen molar-refractivity contribution in [2.45, 2.75) is 25.0 Å². The first-order chi connectivity index (χ1) is 6.04. The third-order valence-corrected chi connectivity index (χ3v) is 4.25. The van der Waals surface area contributed by atoms with Crippen LogP contribution in [0.5, 0.6) is 0 Å². The molecule has 0 heterocycles. The van der Waals surface area contributed by atoms with Crippen molar-refractivity contribution in [3.8, 4) is 0 Å². The van der Waals surface area contributed by atoms with E-state index in [1.54, 1.807) is 14.0 Å². The SMILES string of the molecule is COCCCCS(=O)(=O)C(C)CN. The van der Waals surface area contributed by atoms with E-state index in [2.05, 4.69) is 0 Å². The highest BCUT2D eigenvalue weighted by Gasteiger charge is 2.18. The number of sulfone groups is 1. The lowest BCUT2D eigenvalue weighted by Gasteiger charge is -2.09. The van der Waals surface area contributed by atoms with Crippen LogP contribution < -0.4 is 5.73 Å². The molecule has 0 aliphatic rings. The number of rotatable bonds is 7. The molecule has 5 heteroatoms. The molecular weight excluding hydrogens is 190 g/mol. The van der Waals surface area contributed by atoms with E-state index in [4.69, 9.17) is 10.5 Å². The predicted octanol–water partition coefficient (Wildman–Crippen LogP) is 0.175. The van der Waals surface area contributed by atoms with Gasteiger partial charge in [0.1, 0.15) is 0 Å². The molecule has 4 nitrogen and oxygen atoms in total. The van der Waals surface area contributed by atoms with Gasteiger partial charge >= 0.3 is 0 Å². The van der Waals surface area contributed by atoms with Crippen LogP contribution in [0, 0.1) is 0 Å². The van der Waals surface area contributed by atoms with Crippen LogP contribution >= 0.6 is 0 Å². The van der Waals surface area contributed by atoms with Crippen molar-refractivity contribution >= 4 is 9.84 Å². The number of hydrogen-bond donors (Lipinski definition) is 1. The summed E-state index contributed by atoms with van der Waals surface area (Å²) in [6.45, 7) is 2.46. The average molecular weight is 209 g/mol. The van der Waals surface area contributed by atoms with Crippen LogP contribution in [0.1, 0.15) is 19.8 Å². The Bertz CT molecular complexity index is 213. The monoisotopic (exact) mass is 209 g/mol. The minimum Gasteiger partial charge on any atom is -0.385 e. The first-order valence-corrected chi connectivity index (χ1v) is 6.16. The van der Waals surface area contributed by atoms with Crippen molar-refractivity contribution in [1.82, 2.24) is 0 Å². The summed E-state index contributed by atoms with van der Waals surface area (Å²) in [5.74, 6) is 0.217. The van der Waals surface area contributed by atoms with Gasteiger partial charge in [0.05, 0.1) is 11.0 Å². The van der Waals surface area contributed by atoms with Gasteiger partial charge in [-0.25, -0.2) is 8.42 Å². The van der Waals surface area contributed by atoms with E-state index in [1.165, 1.54) is 0 Å². The van der Waals surface area contributed by atoms with Crippen molar-refractivity contribution in [3.05, 3.63) is 0 Å². The first-order valence-electron chi connectivity index (χ1n) is 4.45. The smallest absolute Gasteiger partial charge is 0.154 e. The fourth-order valence-electron chi connectivity index (χ4n) is 0.897. The Morgan fingerprint density at radius 2 is 2.00 bits per heavy atom. The van der Waals surface area contributed by atoms with Gasteiger partial charge in [-0.3, -0.25) is 0 Å². The lowest BCUT2D eigenvalue weighted by atomic mass is 10.4. The maximum atomic E-state index is 11.4. The van der Waals surface area contributed by atoms with Crippen molar-refractivity contribution in [1.29, 1.82) is 0 Å². The number of methoxy groups -OCH3 is 1. The Labute approximate surface area is 80.4 Å². The summed E-state index contributed by atoms with van der Waals surface area (Å²) in [5.41, 5.74) is 5.28. The molecule has 2 N–H and O–H groups in total. The molecule has 0 aromatic heterocycles. The van der Waals surface area contributed by atoms with Crippen LogP contribution in [0.15, 0.2) is 0 Å². The Balaban J connectivity index is 3.77. The van der Waals surface area contributed by atoms with Gasteiger partial charge in [-0.1, -0.05) is 0 Å². The normalized spacial score (nSPS) is 14.4. The highest BCUT2D eigenvalue weighted by atomic mass is 32.2. The summed E-state index contributed by atoms with van der Waals surface area (Å²) < 4.78 is 27.6. The lowest BCUT2D eigenvalue weighted by molar-refractivity contribution is 0.194. The van der Waals surface area contributed by atoms with Crippen LogP contribution in [0.3, 0.4) is 0 Å². The fourth-order valence-corrected chi connectivity index (χ4v) is 2.20. The van der Waals surface area contributed by atoms with Crippen molar-refractivity contribution in [2.24, 2.45) is 5.73 Å². The molecule has 0 aromatic rings. The zero-order valence-electron chi connectivity index (χ0n) is 8.32. The van der Waals surface area contributed by atoms with E-state index < -0.39 is 15.1 Å². The molecule has 1 unspecified atom stereocenters. The molecule has 0 saturated carbocycles. The van der Waals surface area contributed by atoms with E-state index in [0.29, 0.717) is 13.0 Å². The van der Waals surface area contributed by atoms with Crippen LogP contribution in [-0.4, -0.2) is 39.7 Å². The molecule has 13 heavy (non-hydrogen) atoms. The second-order valence-corrected chi connectivity index (χ2v) is 5.65. The molecule has 0 radical (unpaired) electrons. The predicted molar refractivity (Wildman–Crippen MR) is 53.4 cm³/mol. The summed E-state index contributed by atoms with van der Waals surface area (Å²) in [4.78, 5) is 0. The van der Waals surface area contributed by atoms with Crippen molar-refractivity contribution < 1.29 is 13.2 Å². The molecule has 0 aromatic carbocycles. The summed E-state index contributed by atoms with van der Waals surface area (Å²) in [6.07, 6.45) is 1.44. The molecule has 0 amide bonds. The summed E-state index contributed by atoms with van der Waals surface area (Å²) in [7, 11) is -1.36. The van der Waals surface area contributed by atoms with Gasteiger partial charge in [0.2, 0.25) is 0 Å². The van der Waals surface area contributed by atoms with Gasteiger partial charge in [-0.2, -0.15) is 0 Å². The van der Waals surface area contributed by atoms with Gasteiger partial charge in [-0.15, -0.1) is 0 Å². The zero-order chi connectivity index (χ0) is 10.3. The standard InChI is InChI=1S/C8H19NO3S/c1-8(7-9)13(10,11)6-4-3-5-12-2/h8H,3-7,9H2,1-2H3. The highest BCUT2D eigenvalue weighted by Crippen LogP contribution is 2.03. The van der Waals surface area contributed by atoms with E-state index in [1.807, 2.05) is 0 Å². The second kappa shape index (κ2) is 6.34. The largest absolute Gasteiger partial charge is 0.385 e. The Kier molecular flexibility index (Phi) is 6.28. The molecule has 0 bridgehead atoms. The summed E-state index contributed by atoms with van der Waals surface area (Å²) in [6, 6.07) is 0. The van der Waals surface area contributed by atoms with E-state index >= 15 is 0 Å². The highest BCUT2D eigenvalue weighted by molar-refractivity contribution is 7.92. The Morgan fingerprint density at radius 3 is 2.46 bits per heavy atom. The molecule has 0 rings (SSSR count). The van der Waals surface area contributed by atoms with Gasteiger partial charge < -0.3 is 10.5 Å². The van der Waals surface area contributed by atoms with E-state index in [-0.39, 0.29) is 12.3 Å². The summed E-state index contributed by atoms with van der Waals surface area (Å²) >= 11 is 0. The van der Waals surface area contributed by atoms with Gasteiger partial charge in [0.15, 0.2) is 9.84 Å². The Morgan fingerprint density at radius 1 is 1.38 bits per heavy atom. The minimum absolute atomic E-state index is 0.201. The van der Waals surface area contributed by atoms with E-state index in [9.17, 15) is 8.42 Å². The number of unbranched alkanes of at least 4 members (excludes halogenated alkanes) is 1. The van der Waals surface area contributed by atoms with Crippen LogP contribution in [0.25, 0.3) is 0 Å². The van der Waals surface area contributed by atoms with Crippen LogP contribution in [-0.2, 0) is 14.6 Å². The quantitative estimate of drug-likeness (QED) is 0.607. The molecule has 1 atom stereocenters. The van der Waals surface area contributed by atoms with Gasteiger partial charge in [0, 0.05) is 20.3 Å². The van der Waals surface area contributed by atoms with Crippen molar-refractivity contribution in [3.63, 3.8) is 0 Å². The number of hydrogen-bond acceptors (Lipinski definition) is 4. The van der Waals surface area contributed by atoms with Gasteiger partial charge in [0.25, 0.3) is 0 Å². The molecule has 0 fully saturated rings. The maximum Gasteiger partial charge on any atom is 0.154 e. The van der Waals surface area contributed by atoms with Gasteiger partial charge in [-0.05, 0) is 19.8 Å². The minimum atomic E-state index is -2.97. The maximum absolute atomic E-state index is 11.4. The average Bonchev–Trinajstić information content (AvgIpc) is 2.11. The first kappa shape index (κ1) is 12.9. The Hall–Kier alpha value is -0.130. The van der Waals surface area contributed by atoms with Crippen LogP contribution in [0.4, 0.5) is 0 Å². The molecular formula is C8H19NO3S. The molecule has 0 saturated heterocycles. The zero-order valence-corrected chi connectivity index (χ0v) is 9.14. The number of ether oxygens (including phenoxy) is 1. The third-order valence-electron chi connectivity index (χ3n) is 1.97. The molecule has 0 aliphatic heterocycles. The summed E-state index contributed by atoms with van der Waals surface area (Å²) in [5, 5.41) is -0.421. The second-order valence-electron chi connectivity index (χ2n) is 3.11. The fraction of sp³-hybridized carbons (Fsp3) is 1.00. The third kappa shape index (κ3) is 5.23. The molecule has 0 spiro atoms. The molecule has 0 aliphatic carbocycles. The lowest BCUT2D eigenvalue weighted by Crippen LogP contribution is -2.28.